The molecular formula is C19H20F3N5O2. The minimum absolute atomic E-state index is 0.0507. The lowest BCUT2D eigenvalue weighted by atomic mass is 9.99. The highest BCUT2D eigenvalue weighted by Gasteiger charge is 2.33. The molecule has 0 saturated carbocycles. The summed E-state index contributed by atoms with van der Waals surface area (Å²) >= 11 is 0. The first-order chi connectivity index (χ1) is 13.8. The van der Waals surface area contributed by atoms with Crippen LogP contribution in [-0.4, -0.2) is 41.5 Å². The summed E-state index contributed by atoms with van der Waals surface area (Å²) in [5.41, 5.74) is -0.581. The van der Waals surface area contributed by atoms with Crippen molar-refractivity contribution in [2.24, 2.45) is 0 Å². The van der Waals surface area contributed by atoms with E-state index in [1.54, 1.807) is 0 Å². The van der Waals surface area contributed by atoms with E-state index in [-0.39, 0.29) is 35.0 Å². The van der Waals surface area contributed by atoms with Crippen molar-refractivity contribution >= 4 is 5.82 Å². The van der Waals surface area contributed by atoms with E-state index in [2.05, 4.69) is 20.8 Å². The molecule has 1 aromatic carbocycles. The van der Waals surface area contributed by atoms with Crippen molar-refractivity contribution in [1.29, 1.82) is 5.26 Å². The maximum atomic E-state index is 13.1. The first-order valence-electron chi connectivity index (χ1n) is 9.01. The Balaban J connectivity index is 2.00. The molecule has 1 atom stereocenters. The predicted molar refractivity (Wildman–Crippen MR) is 99.1 cm³/mol. The summed E-state index contributed by atoms with van der Waals surface area (Å²) in [6, 6.07) is 5.04. The Morgan fingerprint density at radius 3 is 2.76 bits per heavy atom. The van der Waals surface area contributed by atoms with E-state index in [0.717, 1.165) is 32.0 Å². The van der Waals surface area contributed by atoms with Gasteiger partial charge in [-0.05, 0) is 43.1 Å². The number of hydrogen-bond acceptors (Lipinski definition) is 7. The molecule has 7 nitrogen and oxygen atoms in total. The van der Waals surface area contributed by atoms with Crippen molar-refractivity contribution in [3.05, 3.63) is 34.9 Å². The Kier molecular flexibility index (Phi) is 6.20. The first kappa shape index (κ1) is 20.8. The van der Waals surface area contributed by atoms with E-state index in [0.29, 0.717) is 11.9 Å². The maximum absolute atomic E-state index is 13.1. The Hall–Kier alpha value is -2.90. The van der Waals surface area contributed by atoms with Crippen LogP contribution in [0.15, 0.2) is 18.2 Å². The summed E-state index contributed by atoms with van der Waals surface area (Å²) in [6.07, 6.45) is -2.71. The number of ether oxygens (including phenoxy) is 1. The molecular weight excluding hydrogens is 387 g/mol. The number of nitrogens with one attached hydrogen (secondary N) is 2. The monoisotopic (exact) mass is 407 g/mol. The van der Waals surface area contributed by atoms with Crippen molar-refractivity contribution in [1.82, 2.24) is 15.5 Å². The summed E-state index contributed by atoms with van der Waals surface area (Å²) < 4.78 is 44.2. The number of nitrogens with zero attached hydrogens (tertiary/aromatic N) is 3. The summed E-state index contributed by atoms with van der Waals surface area (Å²) in [4.78, 5) is 0. The third kappa shape index (κ3) is 4.75. The number of piperidine rings is 1. The highest BCUT2D eigenvalue weighted by molar-refractivity contribution is 5.73. The smallest absolute Gasteiger partial charge is 0.416 e. The Labute approximate surface area is 165 Å². The third-order valence-corrected chi connectivity index (χ3v) is 4.63. The summed E-state index contributed by atoms with van der Waals surface area (Å²) in [6.45, 7) is 1.49. The van der Waals surface area contributed by atoms with Crippen LogP contribution in [0.2, 0.25) is 0 Å². The number of alkyl halides is 3. The number of nitriles is 1. The van der Waals surface area contributed by atoms with Crippen molar-refractivity contribution in [2.75, 3.05) is 25.5 Å². The van der Waals surface area contributed by atoms with Crippen LogP contribution in [0.3, 0.4) is 0 Å². The SMILES string of the molecule is COCc1cc(C(F)(F)F)cc(O)c1-c1cc(C#N)c(N[C@@H]2CCCNC2)nn1. The topological polar surface area (TPSA) is 103 Å². The molecule has 0 amide bonds. The molecule has 1 aliphatic heterocycles. The molecule has 1 saturated heterocycles. The van der Waals surface area contributed by atoms with Crippen LogP contribution in [0.25, 0.3) is 11.3 Å². The number of benzene rings is 1. The fourth-order valence-corrected chi connectivity index (χ4v) is 3.29. The van der Waals surface area contributed by atoms with Gasteiger partial charge in [0.25, 0.3) is 0 Å². The molecule has 3 N–H and O–H groups in total. The van der Waals surface area contributed by atoms with Gasteiger partial charge in [-0.15, -0.1) is 10.2 Å². The molecule has 3 rings (SSSR count). The summed E-state index contributed by atoms with van der Waals surface area (Å²) in [5.74, 6) is -0.313. The zero-order valence-corrected chi connectivity index (χ0v) is 15.7. The van der Waals surface area contributed by atoms with Gasteiger partial charge in [0.15, 0.2) is 5.82 Å². The number of aromatic nitrogens is 2. The molecule has 1 aliphatic rings. The standard InChI is InChI=1S/C19H20F3N5O2/c1-29-10-12-5-13(19(20,21)22)7-16(28)17(12)15-6-11(8-23)18(27-26-15)25-14-3-2-4-24-9-14/h5-7,14,24,28H,2-4,9-10H2,1H3,(H,25,27)/t14-/m1/s1. The van der Waals surface area contributed by atoms with E-state index < -0.39 is 17.5 Å². The quantitative estimate of drug-likeness (QED) is 0.700. The van der Waals surface area contributed by atoms with Crippen LogP contribution in [0.1, 0.15) is 29.5 Å². The predicted octanol–water partition coefficient (Wildman–Crippen LogP) is 3.05. The van der Waals surface area contributed by atoms with Gasteiger partial charge in [0.05, 0.1) is 23.4 Å². The van der Waals surface area contributed by atoms with Crippen LogP contribution in [0.5, 0.6) is 5.75 Å². The fourth-order valence-electron chi connectivity index (χ4n) is 3.29. The van der Waals surface area contributed by atoms with Crippen LogP contribution < -0.4 is 10.6 Å². The van der Waals surface area contributed by atoms with Gasteiger partial charge < -0.3 is 20.5 Å². The van der Waals surface area contributed by atoms with Gasteiger partial charge in [0, 0.05) is 25.3 Å². The average molecular weight is 407 g/mol. The molecule has 1 fully saturated rings. The van der Waals surface area contributed by atoms with Gasteiger partial charge in [-0.3, -0.25) is 0 Å². The number of anilines is 1. The van der Waals surface area contributed by atoms with Gasteiger partial charge in [0.2, 0.25) is 0 Å². The fraction of sp³-hybridized carbons (Fsp3) is 0.421. The lowest BCUT2D eigenvalue weighted by Crippen LogP contribution is -2.38. The largest absolute Gasteiger partial charge is 0.507 e. The number of phenolic OH excluding ortho intramolecular Hbond substituents is 1. The lowest BCUT2D eigenvalue weighted by Gasteiger charge is -2.24. The van der Waals surface area contributed by atoms with E-state index >= 15 is 0 Å². The van der Waals surface area contributed by atoms with E-state index in [1.807, 2.05) is 6.07 Å². The van der Waals surface area contributed by atoms with Crippen LogP contribution in [0.4, 0.5) is 19.0 Å². The normalized spacial score (nSPS) is 17.0. The maximum Gasteiger partial charge on any atom is 0.416 e. The number of methoxy groups -OCH3 is 1. The molecule has 0 spiro atoms. The second-order valence-corrected chi connectivity index (χ2v) is 6.75. The van der Waals surface area contributed by atoms with Crippen molar-refractivity contribution in [2.45, 2.75) is 31.7 Å². The van der Waals surface area contributed by atoms with Crippen LogP contribution in [-0.2, 0) is 17.5 Å². The number of aromatic hydroxyl groups is 1. The molecule has 2 aromatic rings. The number of halogens is 3. The molecule has 0 aliphatic carbocycles. The minimum atomic E-state index is -4.62. The second kappa shape index (κ2) is 8.63. The minimum Gasteiger partial charge on any atom is -0.507 e. The Morgan fingerprint density at radius 2 is 2.14 bits per heavy atom. The van der Waals surface area contributed by atoms with Gasteiger partial charge >= 0.3 is 6.18 Å². The molecule has 1 aromatic heterocycles. The highest BCUT2D eigenvalue weighted by Crippen LogP contribution is 2.39. The van der Waals surface area contributed by atoms with Gasteiger partial charge in [0.1, 0.15) is 11.8 Å². The molecule has 29 heavy (non-hydrogen) atoms. The van der Waals surface area contributed by atoms with Crippen molar-refractivity contribution in [3.8, 4) is 23.1 Å². The molecule has 0 bridgehead atoms. The average Bonchev–Trinajstić information content (AvgIpc) is 2.68. The van der Waals surface area contributed by atoms with Crippen molar-refractivity contribution in [3.63, 3.8) is 0 Å². The first-order valence-corrected chi connectivity index (χ1v) is 9.01. The number of hydrogen-bond donors (Lipinski definition) is 3. The zero-order chi connectivity index (χ0) is 21.0. The molecule has 0 unspecified atom stereocenters. The van der Waals surface area contributed by atoms with Gasteiger partial charge in [-0.1, -0.05) is 0 Å². The lowest BCUT2D eigenvalue weighted by molar-refractivity contribution is -0.137. The van der Waals surface area contributed by atoms with Crippen LogP contribution >= 0.6 is 0 Å². The van der Waals surface area contributed by atoms with Crippen molar-refractivity contribution < 1.29 is 23.0 Å². The summed E-state index contributed by atoms with van der Waals surface area (Å²) in [7, 11) is 1.33. The van der Waals surface area contributed by atoms with E-state index in [1.165, 1.54) is 13.2 Å². The second-order valence-electron chi connectivity index (χ2n) is 6.75. The molecule has 10 heteroatoms. The number of rotatable bonds is 5. The third-order valence-electron chi connectivity index (χ3n) is 4.63. The Morgan fingerprint density at radius 1 is 1.34 bits per heavy atom. The summed E-state index contributed by atoms with van der Waals surface area (Å²) in [5, 5.41) is 34.3. The van der Waals surface area contributed by atoms with Gasteiger partial charge in [-0.25, -0.2) is 0 Å². The molecule has 0 radical (unpaired) electrons. The molecule has 154 valence electrons. The Bertz CT molecular complexity index is 921. The van der Waals surface area contributed by atoms with Crippen LogP contribution in [0, 0.1) is 11.3 Å². The number of phenols is 1. The van der Waals surface area contributed by atoms with Gasteiger partial charge in [-0.2, -0.15) is 18.4 Å². The molecule has 2 heterocycles. The van der Waals surface area contributed by atoms with E-state index in [9.17, 15) is 23.5 Å². The van der Waals surface area contributed by atoms with E-state index in [4.69, 9.17) is 4.74 Å². The highest BCUT2D eigenvalue weighted by atomic mass is 19.4. The zero-order valence-electron chi connectivity index (χ0n) is 15.7.